The predicted molar refractivity (Wildman–Crippen MR) is 75.0 cm³/mol. The van der Waals surface area contributed by atoms with Gasteiger partial charge >= 0.3 is 5.97 Å². The quantitative estimate of drug-likeness (QED) is 0.721. The minimum absolute atomic E-state index is 0.0435. The van der Waals surface area contributed by atoms with Crippen molar-refractivity contribution in [3.8, 4) is 0 Å². The van der Waals surface area contributed by atoms with Crippen molar-refractivity contribution < 1.29 is 19.4 Å². The lowest BCUT2D eigenvalue weighted by Crippen LogP contribution is -2.39. The Morgan fingerprint density at radius 2 is 2.24 bits per heavy atom. The fraction of sp³-hybridized carbons (Fsp3) is 0.643. The maximum atomic E-state index is 12.0. The molecule has 1 aromatic rings. The van der Waals surface area contributed by atoms with Crippen molar-refractivity contribution in [2.75, 3.05) is 19.8 Å². The molecule has 0 radical (unpaired) electrons. The van der Waals surface area contributed by atoms with Gasteiger partial charge in [-0.2, -0.15) is 5.10 Å². The summed E-state index contributed by atoms with van der Waals surface area (Å²) in [7, 11) is 0. The summed E-state index contributed by atoms with van der Waals surface area (Å²) >= 11 is 0. The Labute approximate surface area is 123 Å². The number of hydrogen-bond donors (Lipinski definition) is 3. The van der Waals surface area contributed by atoms with Crippen LogP contribution < -0.4 is 5.32 Å². The number of aromatic nitrogens is 2. The Morgan fingerprint density at radius 3 is 2.81 bits per heavy atom. The lowest BCUT2D eigenvalue weighted by atomic mass is 9.86. The molecule has 21 heavy (non-hydrogen) atoms. The van der Waals surface area contributed by atoms with Gasteiger partial charge in [-0.3, -0.25) is 14.7 Å². The van der Waals surface area contributed by atoms with Gasteiger partial charge in [-0.25, -0.2) is 0 Å². The summed E-state index contributed by atoms with van der Waals surface area (Å²) in [5.74, 6) is -1.76. The number of carboxylic acids is 1. The van der Waals surface area contributed by atoms with Crippen LogP contribution in [0.4, 0.5) is 0 Å². The molecule has 116 valence electrons. The molecule has 3 N–H and O–H groups in total. The van der Waals surface area contributed by atoms with Crippen LogP contribution in [-0.4, -0.2) is 46.9 Å². The van der Waals surface area contributed by atoms with Crippen molar-refractivity contribution >= 4 is 11.9 Å². The van der Waals surface area contributed by atoms with Gasteiger partial charge in [0, 0.05) is 25.5 Å². The highest BCUT2D eigenvalue weighted by Crippen LogP contribution is 2.23. The molecule has 1 atom stereocenters. The van der Waals surface area contributed by atoms with E-state index in [1.54, 1.807) is 6.07 Å². The van der Waals surface area contributed by atoms with E-state index in [0.717, 1.165) is 25.0 Å². The number of carboxylic acid groups (broad SMARTS) is 1. The van der Waals surface area contributed by atoms with Crippen LogP contribution in [0.3, 0.4) is 0 Å². The topological polar surface area (TPSA) is 104 Å². The van der Waals surface area contributed by atoms with Crippen molar-refractivity contribution in [1.29, 1.82) is 0 Å². The minimum Gasteiger partial charge on any atom is -0.481 e. The Hall–Kier alpha value is -1.89. The molecule has 1 aliphatic rings. The number of carbonyl (C=O) groups is 2. The van der Waals surface area contributed by atoms with Crippen LogP contribution in [0.1, 0.15) is 35.9 Å². The van der Waals surface area contributed by atoms with E-state index >= 15 is 0 Å². The van der Waals surface area contributed by atoms with E-state index in [0.29, 0.717) is 18.9 Å². The molecule has 1 unspecified atom stereocenters. The Kier molecular flexibility index (Phi) is 5.32. The summed E-state index contributed by atoms with van der Waals surface area (Å²) in [6, 6.07) is 1.68. The molecule has 1 fully saturated rings. The molecule has 2 heterocycles. The average Bonchev–Trinajstić information content (AvgIpc) is 2.97. The van der Waals surface area contributed by atoms with Crippen LogP contribution in [-0.2, 0) is 16.0 Å². The van der Waals surface area contributed by atoms with Crippen LogP contribution in [0.5, 0.6) is 0 Å². The number of aliphatic carboxylic acids is 1. The minimum atomic E-state index is -0.876. The van der Waals surface area contributed by atoms with Crippen molar-refractivity contribution in [2.24, 2.45) is 11.8 Å². The van der Waals surface area contributed by atoms with E-state index in [-0.39, 0.29) is 18.4 Å². The highest BCUT2D eigenvalue weighted by atomic mass is 16.5. The number of nitrogens with one attached hydrogen (secondary N) is 2. The third-order valence-electron chi connectivity index (χ3n) is 3.88. The van der Waals surface area contributed by atoms with Crippen molar-refractivity contribution in [1.82, 2.24) is 15.5 Å². The predicted octanol–water partition coefficient (Wildman–Crippen LogP) is 0.829. The molecule has 0 spiro atoms. The van der Waals surface area contributed by atoms with E-state index < -0.39 is 11.9 Å². The maximum absolute atomic E-state index is 12.0. The summed E-state index contributed by atoms with van der Waals surface area (Å²) < 4.78 is 5.25. The van der Waals surface area contributed by atoms with Crippen LogP contribution in [0.25, 0.3) is 0 Å². The number of aromatic amines is 1. The molecule has 0 saturated carbocycles. The number of aryl methyl sites for hydroxylation is 1. The first-order valence-electron chi connectivity index (χ1n) is 7.24. The van der Waals surface area contributed by atoms with Crippen molar-refractivity contribution in [3.05, 3.63) is 17.5 Å². The number of hydrogen-bond acceptors (Lipinski definition) is 4. The molecular formula is C14H21N3O4. The van der Waals surface area contributed by atoms with E-state index in [4.69, 9.17) is 4.74 Å². The van der Waals surface area contributed by atoms with Gasteiger partial charge in [0.1, 0.15) is 5.69 Å². The molecular weight excluding hydrogens is 274 g/mol. The van der Waals surface area contributed by atoms with Gasteiger partial charge in [-0.05, 0) is 31.2 Å². The zero-order valence-electron chi connectivity index (χ0n) is 12.1. The second-order valence-electron chi connectivity index (χ2n) is 5.24. The van der Waals surface area contributed by atoms with Gasteiger partial charge in [0.2, 0.25) is 0 Å². The highest BCUT2D eigenvalue weighted by molar-refractivity contribution is 5.92. The van der Waals surface area contributed by atoms with Crippen LogP contribution in [0.2, 0.25) is 0 Å². The fourth-order valence-electron chi connectivity index (χ4n) is 2.53. The number of carbonyl (C=O) groups excluding carboxylic acids is 1. The SMILES string of the molecule is CCc1cc(C(=O)NCC(C(=O)O)C2CCOCC2)n[nH]1. The van der Waals surface area contributed by atoms with E-state index in [1.807, 2.05) is 6.92 Å². The summed E-state index contributed by atoms with van der Waals surface area (Å²) in [6.07, 6.45) is 2.20. The average molecular weight is 295 g/mol. The Morgan fingerprint density at radius 1 is 1.52 bits per heavy atom. The zero-order chi connectivity index (χ0) is 15.2. The highest BCUT2D eigenvalue weighted by Gasteiger charge is 2.30. The Bertz CT molecular complexity index is 494. The molecule has 1 aromatic heterocycles. The summed E-state index contributed by atoms with van der Waals surface area (Å²) in [5.41, 5.74) is 1.17. The molecule has 0 bridgehead atoms. The van der Waals surface area contributed by atoms with Crippen molar-refractivity contribution in [2.45, 2.75) is 26.2 Å². The van der Waals surface area contributed by atoms with E-state index in [1.165, 1.54) is 0 Å². The van der Waals surface area contributed by atoms with Crippen molar-refractivity contribution in [3.63, 3.8) is 0 Å². The van der Waals surface area contributed by atoms with Gasteiger partial charge in [-0.1, -0.05) is 6.92 Å². The van der Waals surface area contributed by atoms with Gasteiger partial charge < -0.3 is 15.2 Å². The monoisotopic (exact) mass is 295 g/mol. The van der Waals surface area contributed by atoms with Crippen LogP contribution in [0, 0.1) is 11.8 Å². The molecule has 1 saturated heterocycles. The maximum Gasteiger partial charge on any atom is 0.308 e. The molecule has 1 aliphatic heterocycles. The number of nitrogens with zero attached hydrogens (tertiary/aromatic N) is 1. The second kappa shape index (κ2) is 7.21. The standard InChI is InChI=1S/C14H21N3O4/c1-2-10-7-12(17-16-10)13(18)15-8-11(14(19)20)9-3-5-21-6-4-9/h7,9,11H,2-6,8H2,1H3,(H,15,18)(H,16,17)(H,19,20). The molecule has 1 amide bonds. The lowest BCUT2D eigenvalue weighted by molar-refractivity contribution is -0.144. The molecule has 7 nitrogen and oxygen atoms in total. The van der Waals surface area contributed by atoms with Crippen LogP contribution in [0.15, 0.2) is 6.07 Å². The first kappa shape index (κ1) is 15.5. The number of H-pyrrole nitrogens is 1. The number of ether oxygens (including phenoxy) is 1. The molecule has 7 heteroatoms. The first-order chi connectivity index (χ1) is 10.1. The van der Waals surface area contributed by atoms with Gasteiger partial charge in [0.25, 0.3) is 5.91 Å². The molecule has 2 rings (SSSR count). The third kappa shape index (κ3) is 4.04. The second-order valence-corrected chi connectivity index (χ2v) is 5.24. The van der Waals surface area contributed by atoms with Gasteiger partial charge in [0.15, 0.2) is 0 Å². The summed E-state index contributed by atoms with van der Waals surface area (Å²) in [5, 5.41) is 18.7. The zero-order valence-corrected chi connectivity index (χ0v) is 12.1. The largest absolute Gasteiger partial charge is 0.481 e. The first-order valence-corrected chi connectivity index (χ1v) is 7.24. The smallest absolute Gasteiger partial charge is 0.308 e. The molecule has 0 aromatic carbocycles. The van der Waals surface area contributed by atoms with Gasteiger partial charge in [0.05, 0.1) is 5.92 Å². The van der Waals surface area contributed by atoms with Crippen LogP contribution >= 0.6 is 0 Å². The normalized spacial score (nSPS) is 17.4. The molecule has 0 aliphatic carbocycles. The fourth-order valence-corrected chi connectivity index (χ4v) is 2.53. The van der Waals surface area contributed by atoms with Gasteiger partial charge in [-0.15, -0.1) is 0 Å². The number of rotatable bonds is 6. The third-order valence-corrected chi connectivity index (χ3v) is 3.88. The summed E-state index contributed by atoms with van der Waals surface area (Å²) in [4.78, 5) is 23.4. The summed E-state index contributed by atoms with van der Waals surface area (Å²) in [6.45, 7) is 3.25. The number of amides is 1. The lowest BCUT2D eigenvalue weighted by Gasteiger charge is -2.27. The Balaban J connectivity index is 1.91. The van der Waals surface area contributed by atoms with E-state index in [9.17, 15) is 14.7 Å². The van der Waals surface area contributed by atoms with E-state index in [2.05, 4.69) is 15.5 Å².